The highest BCUT2D eigenvalue weighted by Crippen LogP contribution is 2.30. The maximum atomic E-state index is 4.36. The van der Waals surface area contributed by atoms with Crippen LogP contribution in [-0.2, 0) is 11.8 Å². The van der Waals surface area contributed by atoms with Crippen molar-refractivity contribution >= 4 is 0 Å². The minimum atomic E-state index is 0.146. The summed E-state index contributed by atoms with van der Waals surface area (Å²) < 4.78 is 0. The van der Waals surface area contributed by atoms with Crippen molar-refractivity contribution in [2.45, 2.75) is 45.6 Å². The zero-order valence-corrected chi connectivity index (χ0v) is 12.9. The summed E-state index contributed by atoms with van der Waals surface area (Å²) in [5.41, 5.74) is 2.92. The Hall–Kier alpha value is -1.61. The van der Waals surface area contributed by atoms with E-state index in [1.165, 1.54) is 11.1 Å². The van der Waals surface area contributed by atoms with E-state index in [0.717, 1.165) is 18.8 Å². The summed E-state index contributed by atoms with van der Waals surface area (Å²) in [6.07, 6.45) is 4.58. The molecule has 0 amide bonds. The van der Waals surface area contributed by atoms with Crippen molar-refractivity contribution in [3.8, 4) is 0 Å². The van der Waals surface area contributed by atoms with Gasteiger partial charge in [0.05, 0.1) is 0 Å². The summed E-state index contributed by atoms with van der Waals surface area (Å²) in [5, 5.41) is 3.59. The summed E-state index contributed by atoms with van der Waals surface area (Å²) >= 11 is 0. The molecule has 3 nitrogen and oxygen atoms in total. The number of imidazole rings is 1. The van der Waals surface area contributed by atoms with Crippen LogP contribution < -0.4 is 5.32 Å². The summed E-state index contributed by atoms with van der Waals surface area (Å²) in [6, 6.07) is 9.01. The second-order valence-corrected chi connectivity index (χ2v) is 6.19. The zero-order chi connectivity index (χ0) is 14.6. The van der Waals surface area contributed by atoms with Crippen molar-refractivity contribution in [2.24, 2.45) is 0 Å². The van der Waals surface area contributed by atoms with Crippen molar-refractivity contribution in [2.75, 3.05) is 6.54 Å². The zero-order valence-electron chi connectivity index (χ0n) is 12.9. The fraction of sp³-hybridized carbons (Fsp3) is 0.471. The molecule has 108 valence electrons. The van der Waals surface area contributed by atoms with E-state index in [4.69, 9.17) is 0 Å². The maximum absolute atomic E-state index is 4.36. The molecule has 1 atom stereocenters. The van der Waals surface area contributed by atoms with Crippen molar-refractivity contribution < 1.29 is 0 Å². The van der Waals surface area contributed by atoms with Crippen LogP contribution >= 0.6 is 0 Å². The normalized spacial score (nSPS) is 13.4. The van der Waals surface area contributed by atoms with Crippen LogP contribution in [0.5, 0.6) is 0 Å². The number of likely N-dealkylation sites (N-methyl/N-ethyl adjacent to an activating group) is 1. The Morgan fingerprint density at radius 2 is 2.00 bits per heavy atom. The Balaban J connectivity index is 2.34. The molecule has 1 unspecified atom stereocenters. The van der Waals surface area contributed by atoms with Gasteiger partial charge in [0.15, 0.2) is 0 Å². The third-order valence-corrected chi connectivity index (χ3v) is 3.55. The first-order chi connectivity index (χ1) is 9.52. The molecule has 0 spiro atoms. The van der Waals surface area contributed by atoms with E-state index in [0.29, 0.717) is 6.04 Å². The topological polar surface area (TPSA) is 40.7 Å². The van der Waals surface area contributed by atoms with Crippen molar-refractivity contribution in [3.63, 3.8) is 0 Å². The summed E-state index contributed by atoms with van der Waals surface area (Å²) in [7, 11) is 0. The van der Waals surface area contributed by atoms with E-state index in [1.54, 1.807) is 0 Å². The molecule has 2 rings (SSSR count). The van der Waals surface area contributed by atoms with Gasteiger partial charge < -0.3 is 10.3 Å². The van der Waals surface area contributed by atoms with E-state index >= 15 is 0 Å². The van der Waals surface area contributed by atoms with E-state index in [1.807, 2.05) is 12.4 Å². The van der Waals surface area contributed by atoms with E-state index in [-0.39, 0.29) is 5.41 Å². The van der Waals surface area contributed by atoms with Crippen LogP contribution in [0.25, 0.3) is 0 Å². The van der Waals surface area contributed by atoms with Gasteiger partial charge in [-0.2, -0.15) is 0 Å². The second kappa shape index (κ2) is 6.23. The predicted octanol–water partition coefficient (Wildman–Crippen LogP) is 3.60. The number of hydrogen-bond acceptors (Lipinski definition) is 2. The molecule has 20 heavy (non-hydrogen) atoms. The van der Waals surface area contributed by atoms with Gasteiger partial charge in [-0.15, -0.1) is 0 Å². The maximum Gasteiger partial charge on any atom is 0.107 e. The third-order valence-electron chi connectivity index (χ3n) is 3.55. The number of nitrogens with one attached hydrogen (secondary N) is 2. The molecule has 0 radical (unpaired) electrons. The Morgan fingerprint density at radius 1 is 1.25 bits per heavy atom. The number of hydrogen-bond donors (Lipinski definition) is 2. The number of H-pyrrole nitrogens is 1. The van der Waals surface area contributed by atoms with Crippen molar-refractivity contribution in [1.29, 1.82) is 0 Å². The van der Waals surface area contributed by atoms with Crippen LogP contribution in [0, 0.1) is 0 Å². The monoisotopic (exact) mass is 271 g/mol. The van der Waals surface area contributed by atoms with Gasteiger partial charge in [-0.05, 0) is 23.1 Å². The molecule has 1 heterocycles. The second-order valence-electron chi connectivity index (χ2n) is 6.19. The summed E-state index contributed by atoms with van der Waals surface area (Å²) in [4.78, 5) is 7.56. The number of aromatic amines is 1. The van der Waals surface area contributed by atoms with Gasteiger partial charge in [0.2, 0.25) is 0 Å². The molecule has 2 N–H and O–H groups in total. The lowest BCUT2D eigenvalue weighted by Gasteiger charge is -2.27. The average molecular weight is 271 g/mol. The Labute approximate surface area is 121 Å². The van der Waals surface area contributed by atoms with E-state index in [2.05, 4.69) is 67.2 Å². The predicted molar refractivity (Wildman–Crippen MR) is 83.9 cm³/mol. The first-order valence-electron chi connectivity index (χ1n) is 7.33. The fourth-order valence-corrected chi connectivity index (χ4v) is 2.63. The number of rotatable bonds is 5. The van der Waals surface area contributed by atoms with Crippen molar-refractivity contribution in [3.05, 3.63) is 53.6 Å². The first kappa shape index (κ1) is 14.8. The van der Waals surface area contributed by atoms with E-state index in [9.17, 15) is 0 Å². The molecule has 0 saturated carbocycles. The lowest BCUT2D eigenvalue weighted by Crippen LogP contribution is -2.27. The molecule has 1 aromatic carbocycles. The smallest absolute Gasteiger partial charge is 0.107 e. The van der Waals surface area contributed by atoms with Crippen LogP contribution in [0.4, 0.5) is 0 Å². The standard InChI is InChI=1S/C17H25N3/c1-5-18-15(12-16-19-10-11-20-16)13-8-6-7-9-14(13)17(2,3)4/h6-11,15,18H,5,12H2,1-4H3,(H,19,20). The lowest BCUT2D eigenvalue weighted by molar-refractivity contribution is 0.510. The Kier molecular flexibility index (Phi) is 4.61. The molecule has 0 aliphatic heterocycles. The highest BCUT2D eigenvalue weighted by Gasteiger charge is 2.22. The van der Waals surface area contributed by atoms with Crippen LogP contribution in [0.3, 0.4) is 0 Å². The fourth-order valence-electron chi connectivity index (χ4n) is 2.63. The van der Waals surface area contributed by atoms with Gasteiger partial charge in [-0.25, -0.2) is 4.98 Å². The quantitative estimate of drug-likeness (QED) is 0.872. The largest absolute Gasteiger partial charge is 0.349 e. The molecule has 0 aliphatic rings. The molecule has 0 bridgehead atoms. The molecule has 3 heteroatoms. The van der Waals surface area contributed by atoms with Gasteiger partial charge in [0, 0.05) is 24.9 Å². The average Bonchev–Trinajstić information content (AvgIpc) is 2.90. The summed E-state index contributed by atoms with van der Waals surface area (Å²) in [5.74, 6) is 1.03. The molecule has 0 saturated heterocycles. The highest BCUT2D eigenvalue weighted by molar-refractivity contribution is 5.35. The van der Waals surface area contributed by atoms with Crippen LogP contribution in [0.15, 0.2) is 36.7 Å². The van der Waals surface area contributed by atoms with Crippen LogP contribution in [0.1, 0.15) is 50.7 Å². The summed E-state index contributed by atoms with van der Waals surface area (Å²) in [6.45, 7) is 9.89. The number of aromatic nitrogens is 2. The van der Waals surface area contributed by atoms with Gasteiger partial charge in [0.25, 0.3) is 0 Å². The van der Waals surface area contributed by atoms with Crippen molar-refractivity contribution in [1.82, 2.24) is 15.3 Å². The number of nitrogens with zero attached hydrogens (tertiary/aromatic N) is 1. The number of benzene rings is 1. The van der Waals surface area contributed by atoms with Gasteiger partial charge >= 0.3 is 0 Å². The minimum absolute atomic E-state index is 0.146. The molecular formula is C17H25N3. The van der Waals surface area contributed by atoms with E-state index < -0.39 is 0 Å². The third kappa shape index (κ3) is 3.48. The molecular weight excluding hydrogens is 246 g/mol. The first-order valence-corrected chi connectivity index (χ1v) is 7.33. The Morgan fingerprint density at radius 3 is 2.60 bits per heavy atom. The van der Waals surface area contributed by atoms with Gasteiger partial charge in [-0.1, -0.05) is 52.0 Å². The van der Waals surface area contributed by atoms with Gasteiger partial charge in [-0.3, -0.25) is 0 Å². The highest BCUT2D eigenvalue weighted by atomic mass is 14.9. The van der Waals surface area contributed by atoms with Crippen LogP contribution in [0.2, 0.25) is 0 Å². The van der Waals surface area contributed by atoms with Gasteiger partial charge in [0.1, 0.15) is 5.82 Å². The molecule has 0 aliphatic carbocycles. The molecule has 1 aromatic heterocycles. The molecule has 0 fully saturated rings. The minimum Gasteiger partial charge on any atom is -0.349 e. The molecule has 2 aromatic rings. The Bertz CT molecular complexity index is 523. The lowest BCUT2D eigenvalue weighted by atomic mass is 9.81. The van der Waals surface area contributed by atoms with Crippen LogP contribution in [-0.4, -0.2) is 16.5 Å². The SMILES string of the molecule is CCNC(Cc1ncc[nH]1)c1ccccc1C(C)(C)C.